The van der Waals surface area contributed by atoms with Crippen LogP contribution in [0.4, 0.5) is 5.69 Å². The molecule has 1 aromatic carbocycles. The minimum absolute atomic E-state index is 0.0959. The first-order valence-electron chi connectivity index (χ1n) is 5.20. The Morgan fingerprint density at radius 3 is 2.61 bits per heavy atom. The first kappa shape index (κ1) is 11.9. The number of carboxylic acids is 1. The number of carbonyl (C=O) groups is 2. The highest BCUT2D eigenvalue weighted by atomic mass is 16.4. The lowest BCUT2D eigenvalue weighted by Gasteiger charge is -2.05. The Balaban J connectivity index is 2.58. The number of benzene rings is 1. The maximum Gasteiger partial charge on any atom is 0.250 e. The Hall–Kier alpha value is -2.56. The summed E-state index contributed by atoms with van der Waals surface area (Å²) in [5.41, 5.74) is 0.733. The number of carbonyl (C=O) groups excluding carboxylic acids is 2. The standard InChI is InChI=1S/C13H11NO4/c1-7(2)12(15)14-10-8-5-3-4-6-9(8)18-11(10)13(16)17/h3-6H,1H2,2H3,(H,14,15)(H,16,17)/p-1. The van der Waals surface area contributed by atoms with Crippen molar-refractivity contribution in [2.24, 2.45) is 0 Å². The summed E-state index contributed by atoms with van der Waals surface area (Å²) >= 11 is 0. The van der Waals surface area contributed by atoms with Crippen LogP contribution in [0.2, 0.25) is 0 Å². The van der Waals surface area contributed by atoms with Crippen LogP contribution in [0.1, 0.15) is 17.5 Å². The molecule has 0 aliphatic rings. The van der Waals surface area contributed by atoms with Gasteiger partial charge in [-0.2, -0.15) is 0 Å². The van der Waals surface area contributed by atoms with E-state index in [0.717, 1.165) is 0 Å². The fourth-order valence-corrected chi connectivity index (χ4v) is 1.53. The first-order valence-corrected chi connectivity index (χ1v) is 5.20. The molecule has 1 aromatic heterocycles. The van der Waals surface area contributed by atoms with Crippen molar-refractivity contribution in [1.82, 2.24) is 0 Å². The summed E-state index contributed by atoms with van der Waals surface area (Å²) in [6.45, 7) is 5.01. The number of carboxylic acid groups (broad SMARTS) is 1. The molecule has 0 saturated carbocycles. The van der Waals surface area contributed by atoms with Gasteiger partial charge in [-0.25, -0.2) is 0 Å². The van der Waals surface area contributed by atoms with Crippen LogP contribution >= 0.6 is 0 Å². The molecule has 92 valence electrons. The lowest BCUT2D eigenvalue weighted by Crippen LogP contribution is -2.24. The van der Waals surface area contributed by atoms with E-state index in [-0.39, 0.29) is 11.3 Å². The van der Waals surface area contributed by atoms with Crippen LogP contribution < -0.4 is 10.4 Å². The smallest absolute Gasteiger partial charge is 0.250 e. The molecule has 1 amide bonds. The number of nitrogens with one attached hydrogen (secondary N) is 1. The van der Waals surface area contributed by atoms with Crippen LogP contribution in [0.25, 0.3) is 11.0 Å². The number of hydrogen-bond donors (Lipinski definition) is 1. The van der Waals surface area contributed by atoms with E-state index in [0.29, 0.717) is 11.0 Å². The molecule has 0 bridgehead atoms. The topological polar surface area (TPSA) is 82.4 Å². The van der Waals surface area contributed by atoms with Gasteiger partial charge in [-0.1, -0.05) is 18.7 Å². The second kappa shape index (κ2) is 4.37. The average Bonchev–Trinajstić information content (AvgIpc) is 2.68. The molecule has 1 N–H and O–H groups in total. The molecule has 0 spiro atoms. The third-order valence-electron chi connectivity index (χ3n) is 2.41. The lowest BCUT2D eigenvalue weighted by molar-refractivity contribution is -0.256. The van der Waals surface area contributed by atoms with Crippen molar-refractivity contribution in [2.75, 3.05) is 5.32 Å². The van der Waals surface area contributed by atoms with Gasteiger partial charge in [0, 0.05) is 11.0 Å². The summed E-state index contributed by atoms with van der Waals surface area (Å²) in [6.07, 6.45) is 0. The summed E-state index contributed by atoms with van der Waals surface area (Å²) in [5.74, 6) is -2.35. The largest absolute Gasteiger partial charge is 0.541 e. The molecule has 2 aromatic rings. The van der Waals surface area contributed by atoms with E-state index >= 15 is 0 Å². The van der Waals surface area contributed by atoms with Crippen LogP contribution in [0.3, 0.4) is 0 Å². The molecule has 0 atom stereocenters. The van der Waals surface area contributed by atoms with Crippen molar-refractivity contribution in [3.05, 3.63) is 42.2 Å². The summed E-state index contributed by atoms with van der Waals surface area (Å²) in [7, 11) is 0. The lowest BCUT2D eigenvalue weighted by atomic mass is 10.2. The third kappa shape index (κ3) is 1.98. The van der Waals surface area contributed by atoms with Crippen molar-refractivity contribution in [3.63, 3.8) is 0 Å². The maximum absolute atomic E-state index is 11.6. The summed E-state index contributed by atoms with van der Waals surface area (Å²) in [6, 6.07) is 6.68. The van der Waals surface area contributed by atoms with Gasteiger partial charge in [0.2, 0.25) is 0 Å². The van der Waals surface area contributed by atoms with Crippen LogP contribution in [-0.2, 0) is 4.79 Å². The van der Waals surface area contributed by atoms with E-state index in [1.54, 1.807) is 24.3 Å². The van der Waals surface area contributed by atoms with Crippen LogP contribution in [-0.4, -0.2) is 11.9 Å². The van der Waals surface area contributed by atoms with Gasteiger partial charge >= 0.3 is 0 Å². The SMILES string of the molecule is C=C(C)C(=O)Nc1c(C(=O)[O-])oc2ccccc12. The van der Waals surface area contributed by atoms with Crippen molar-refractivity contribution in [2.45, 2.75) is 6.92 Å². The Kier molecular flexibility index (Phi) is 2.89. The highest BCUT2D eigenvalue weighted by Crippen LogP contribution is 2.30. The maximum atomic E-state index is 11.6. The Morgan fingerprint density at radius 2 is 2.00 bits per heavy atom. The van der Waals surface area contributed by atoms with E-state index in [4.69, 9.17) is 4.42 Å². The normalized spacial score (nSPS) is 10.3. The van der Waals surface area contributed by atoms with E-state index in [9.17, 15) is 14.7 Å². The number of rotatable bonds is 3. The number of hydrogen-bond acceptors (Lipinski definition) is 4. The number of aromatic carboxylic acids is 1. The third-order valence-corrected chi connectivity index (χ3v) is 2.41. The zero-order valence-corrected chi connectivity index (χ0v) is 9.65. The van der Waals surface area contributed by atoms with Gasteiger partial charge in [0.05, 0.1) is 5.69 Å². The van der Waals surface area contributed by atoms with Crippen molar-refractivity contribution < 1.29 is 19.1 Å². The van der Waals surface area contributed by atoms with Crippen LogP contribution in [0.5, 0.6) is 0 Å². The molecule has 0 radical (unpaired) electrons. The quantitative estimate of drug-likeness (QED) is 0.825. The molecule has 0 fully saturated rings. The molecule has 1 heterocycles. The fourth-order valence-electron chi connectivity index (χ4n) is 1.53. The monoisotopic (exact) mass is 244 g/mol. The number of amides is 1. The zero-order valence-electron chi connectivity index (χ0n) is 9.65. The van der Waals surface area contributed by atoms with Gasteiger partial charge in [0.25, 0.3) is 5.91 Å². The van der Waals surface area contributed by atoms with E-state index in [2.05, 4.69) is 11.9 Å². The first-order chi connectivity index (χ1) is 8.50. The van der Waals surface area contributed by atoms with Crippen molar-refractivity contribution in [3.8, 4) is 0 Å². The highest BCUT2D eigenvalue weighted by Gasteiger charge is 2.17. The Morgan fingerprint density at radius 1 is 1.33 bits per heavy atom. The van der Waals surface area contributed by atoms with Crippen LogP contribution in [0.15, 0.2) is 40.8 Å². The van der Waals surface area contributed by atoms with Gasteiger partial charge in [0.1, 0.15) is 11.6 Å². The van der Waals surface area contributed by atoms with Crippen molar-refractivity contribution in [1.29, 1.82) is 0 Å². The average molecular weight is 244 g/mol. The van der Waals surface area contributed by atoms with E-state index in [1.165, 1.54) is 6.92 Å². The minimum atomic E-state index is -1.48. The molecule has 2 rings (SSSR count). The number of anilines is 1. The minimum Gasteiger partial charge on any atom is -0.541 e. The predicted molar refractivity (Wildman–Crippen MR) is 64.0 cm³/mol. The van der Waals surface area contributed by atoms with Gasteiger partial charge in [-0.15, -0.1) is 0 Å². The van der Waals surface area contributed by atoms with Gasteiger partial charge in [0.15, 0.2) is 5.76 Å². The summed E-state index contributed by atoms with van der Waals surface area (Å²) in [5, 5.41) is 13.9. The summed E-state index contributed by atoms with van der Waals surface area (Å²) in [4.78, 5) is 22.5. The molecule has 0 saturated heterocycles. The number of fused-ring (bicyclic) bond motifs is 1. The van der Waals surface area contributed by atoms with Gasteiger partial charge < -0.3 is 19.6 Å². The zero-order chi connectivity index (χ0) is 13.3. The molecule has 0 aliphatic carbocycles. The van der Waals surface area contributed by atoms with E-state index in [1.807, 2.05) is 0 Å². The molecular weight excluding hydrogens is 234 g/mol. The molecule has 5 nitrogen and oxygen atoms in total. The van der Waals surface area contributed by atoms with Gasteiger partial charge in [-0.3, -0.25) is 4.79 Å². The summed E-state index contributed by atoms with van der Waals surface area (Å²) < 4.78 is 5.13. The number of para-hydroxylation sites is 1. The second-order valence-electron chi connectivity index (χ2n) is 3.82. The molecule has 5 heteroatoms. The van der Waals surface area contributed by atoms with Crippen LogP contribution in [0, 0.1) is 0 Å². The molecule has 18 heavy (non-hydrogen) atoms. The number of furan rings is 1. The molecule has 0 aliphatic heterocycles. The van der Waals surface area contributed by atoms with E-state index < -0.39 is 17.6 Å². The molecular formula is C13H10NO4-. The Bertz CT molecular complexity index is 654. The van der Waals surface area contributed by atoms with Crippen molar-refractivity contribution >= 4 is 28.5 Å². The fraction of sp³-hybridized carbons (Fsp3) is 0.0769. The molecule has 0 unspecified atom stereocenters. The predicted octanol–water partition coefficient (Wildman–Crippen LogP) is 1.31. The second-order valence-corrected chi connectivity index (χ2v) is 3.82. The van der Waals surface area contributed by atoms with Gasteiger partial charge in [-0.05, 0) is 19.1 Å². The highest BCUT2D eigenvalue weighted by molar-refractivity contribution is 6.12. The Labute approximate surface area is 103 Å².